The van der Waals surface area contributed by atoms with Crippen molar-refractivity contribution in [2.75, 3.05) is 72.8 Å². The Kier molecular flexibility index (Phi) is 17.1. The lowest BCUT2D eigenvalue weighted by atomic mass is 9.88. The Morgan fingerprint density at radius 3 is 1.42 bits per heavy atom. The van der Waals surface area contributed by atoms with E-state index in [4.69, 9.17) is 27.2 Å². The lowest BCUT2D eigenvalue weighted by Crippen LogP contribution is -2.43. The summed E-state index contributed by atoms with van der Waals surface area (Å²) in [5.41, 5.74) is 22.1. The second-order valence-electron chi connectivity index (χ2n) is 21.2. The first-order chi connectivity index (χ1) is 35.1. The number of hydrogen-bond donors (Lipinski definition) is 5. The second kappa shape index (κ2) is 24.2. The van der Waals surface area contributed by atoms with Crippen molar-refractivity contribution >= 4 is 52.2 Å². The molecule has 2 saturated carbocycles. The third-order valence-electron chi connectivity index (χ3n) is 16.4. The number of likely N-dealkylation sites (tertiary alicyclic amines) is 2. The molecular formula is C56H77N13O3. The van der Waals surface area contributed by atoms with Crippen LogP contribution in [0.25, 0.3) is 0 Å². The van der Waals surface area contributed by atoms with Gasteiger partial charge in [-0.1, -0.05) is 56.5 Å². The molecule has 0 radical (unpaired) electrons. The van der Waals surface area contributed by atoms with Crippen LogP contribution in [0.4, 0.5) is 34.6 Å². The highest BCUT2D eigenvalue weighted by Crippen LogP contribution is 2.36. The van der Waals surface area contributed by atoms with Gasteiger partial charge in [0.05, 0.1) is 12.4 Å². The molecular weight excluding hydrogens is 903 g/mol. The van der Waals surface area contributed by atoms with E-state index in [0.717, 1.165) is 75.3 Å². The summed E-state index contributed by atoms with van der Waals surface area (Å²) in [5, 5.41) is 6.56. The topological polar surface area (TPSA) is 218 Å². The van der Waals surface area contributed by atoms with Gasteiger partial charge in [-0.15, -0.1) is 0 Å². The van der Waals surface area contributed by atoms with Crippen LogP contribution in [0.15, 0.2) is 73.6 Å². The van der Waals surface area contributed by atoms with E-state index in [1.54, 1.807) is 12.4 Å². The maximum atomic E-state index is 12.1. The molecule has 6 heterocycles. The first-order valence-corrected chi connectivity index (χ1v) is 27.0. The molecule has 10 rings (SSSR count). The molecule has 8 N–H and O–H groups in total. The van der Waals surface area contributed by atoms with Crippen LogP contribution in [0.3, 0.4) is 0 Å². The van der Waals surface area contributed by atoms with Gasteiger partial charge in [0.15, 0.2) is 28.8 Å². The SMILES string of the molecule is C=CC(=O)C[C@@H]1CCCN(c2cnc(C(N)=O)c(Nc3ccc(C4CCN(C5CCCC5)CC4)cc3)n2)C1.NC(=O)c1ncc(N2CCC[C@@H](N)C2)nc1Nc1ccc(C2CCN(C3CCCC3)CC2)cc1. The molecule has 6 fully saturated rings. The monoisotopic (exact) mass is 980 g/mol. The number of rotatable bonds is 15. The van der Waals surface area contributed by atoms with E-state index >= 15 is 0 Å². The molecule has 16 nitrogen and oxygen atoms in total. The number of amides is 2. The van der Waals surface area contributed by atoms with Crippen molar-refractivity contribution in [3.63, 3.8) is 0 Å². The number of carbonyl (C=O) groups excluding carboxylic acids is 3. The van der Waals surface area contributed by atoms with Crippen LogP contribution in [0.1, 0.15) is 153 Å². The molecule has 0 bridgehead atoms. The third kappa shape index (κ3) is 13.0. The van der Waals surface area contributed by atoms with Gasteiger partial charge >= 0.3 is 0 Å². The molecule has 6 aliphatic rings. The van der Waals surface area contributed by atoms with E-state index in [1.807, 2.05) is 0 Å². The van der Waals surface area contributed by atoms with Crippen molar-refractivity contribution < 1.29 is 14.4 Å². The zero-order chi connectivity index (χ0) is 50.0. The number of nitrogens with one attached hydrogen (secondary N) is 2. The van der Waals surface area contributed by atoms with Crippen LogP contribution in [0.5, 0.6) is 0 Å². The standard InChI is InChI=1S/C30H40N6O2.C26H37N7O/c1-2-26(37)18-21-6-5-15-36(20-21)27-19-32-28(29(31)38)30(34-27)33-24-11-9-22(10-12-24)23-13-16-35(17-14-23)25-7-3-4-8-25;27-20-4-3-13-33(17-20)23-16-29-24(25(28)34)26(31-23)30-21-9-7-18(8-10-21)19-11-14-32(15-12-19)22-5-1-2-6-22/h2,9-12,19,21,23,25H,1,3-8,13-18,20H2,(H2,31,38)(H,33,34);7-10,16,19-20,22H,1-6,11-15,17,27H2,(H2,28,34)(H,30,31)/t21-;20-/m01/s1. The number of anilines is 6. The number of hydrogen-bond acceptors (Lipinski definition) is 14. The molecule has 2 aromatic carbocycles. The molecule has 4 aliphatic heterocycles. The summed E-state index contributed by atoms with van der Waals surface area (Å²) in [6, 6.07) is 18.8. The Bertz CT molecular complexity index is 2460. The zero-order valence-electron chi connectivity index (χ0n) is 42.2. The minimum atomic E-state index is -0.620. The van der Waals surface area contributed by atoms with Gasteiger partial charge < -0.3 is 47.4 Å². The average Bonchev–Trinajstić information content (AvgIpc) is 4.16. The molecule has 2 amide bonds. The summed E-state index contributed by atoms with van der Waals surface area (Å²) in [6.45, 7) is 11.6. The summed E-state index contributed by atoms with van der Waals surface area (Å²) in [5.74, 6) is 2.45. The summed E-state index contributed by atoms with van der Waals surface area (Å²) in [4.78, 5) is 63.7. The van der Waals surface area contributed by atoms with Crippen molar-refractivity contribution in [2.24, 2.45) is 23.1 Å². The van der Waals surface area contributed by atoms with Crippen molar-refractivity contribution in [3.8, 4) is 0 Å². The minimum absolute atomic E-state index is 0.0668. The molecule has 16 heteroatoms. The Morgan fingerprint density at radius 1 is 0.569 bits per heavy atom. The largest absolute Gasteiger partial charge is 0.364 e. The van der Waals surface area contributed by atoms with Crippen molar-refractivity contribution in [1.82, 2.24) is 29.7 Å². The van der Waals surface area contributed by atoms with Crippen LogP contribution in [0.2, 0.25) is 0 Å². The van der Waals surface area contributed by atoms with E-state index in [9.17, 15) is 14.4 Å². The molecule has 4 aromatic rings. The Labute approximate surface area is 426 Å². The fourth-order valence-electron chi connectivity index (χ4n) is 12.3. The van der Waals surface area contributed by atoms with Gasteiger partial charge in [0.2, 0.25) is 0 Å². The highest BCUT2D eigenvalue weighted by atomic mass is 16.1. The Balaban J connectivity index is 0.000000179. The second-order valence-corrected chi connectivity index (χ2v) is 21.2. The summed E-state index contributed by atoms with van der Waals surface area (Å²) < 4.78 is 0. The van der Waals surface area contributed by atoms with Crippen molar-refractivity contribution in [1.29, 1.82) is 0 Å². The number of nitrogens with zero attached hydrogens (tertiary/aromatic N) is 8. The van der Waals surface area contributed by atoms with E-state index < -0.39 is 11.8 Å². The zero-order valence-corrected chi connectivity index (χ0v) is 42.2. The van der Waals surface area contributed by atoms with Gasteiger partial charge in [0.1, 0.15) is 11.6 Å². The van der Waals surface area contributed by atoms with Crippen LogP contribution < -0.4 is 37.6 Å². The lowest BCUT2D eigenvalue weighted by molar-refractivity contribution is -0.115. The van der Waals surface area contributed by atoms with Gasteiger partial charge in [0, 0.05) is 62.1 Å². The molecule has 384 valence electrons. The molecule has 72 heavy (non-hydrogen) atoms. The number of aromatic nitrogens is 4. The maximum Gasteiger partial charge on any atom is 0.271 e. The molecule has 2 aliphatic carbocycles. The van der Waals surface area contributed by atoms with E-state index in [1.165, 1.54) is 120 Å². The van der Waals surface area contributed by atoms with Crippen molar-refractivity contribution in [2.45, 2.75) is 139 Å². The summed E-state index contributed by atoms with van der Waals surface area (Å²) in [7, 11) is 0. The van der Waals surface area contributed by atoms with Crippen molar-refractivity contribution in [3.05, 3.63) is 96.1 Å². The normalized spacial score (nSPS) is 22.0. The van der Waals surface area contributed by atoms with Crippen LogP contribution in [0, 0.1) is 5.92 Å². The minimum Gasteiger partial charge on any atom is -0.364 e. The summed E-state index contributed by atoms with van der Waals surface area (Å²) >= 11 is 0. The van der Waals surface area contributed by atoms with E-state index in [2.05, 4.69) is 95.3 Å². The number of piperidine rings is 4. The van der Waals surface area contributed by atoms with Gasteiger partial charge in [-0.3, -0.25) is 14.4 Å². The van der Waals surface area contributed by atoms with Crippen LogP contribution in [-0.4, -0.2) is 118 Å². The molecule has 4 saturated heterocycles. The third-order valence-corrected chi connectivity index (χ3v) is 16.4. The number of carbonyl (C=O) groups is 3. The lowest BCUT2D eigenvalue weighted by Gasteiger charge is -2.36. The number of nitrogens with two attached hydrogens (primary N) is 3. The predicted molar refractivity (Wildman–Crippen MR) is 286 cm³/mol. The molecule has 2 aromatic heterocycles. The fraction of sp³-hybridized carbons (Fsp3) is 0.554. The quantitative estimate of drug-likeness (QED) is 0.0711. The Hall–Kier alpha value is -5.97. The van der Waals surface area contributed by atoms with E-state index in [-0.39, 0.29) is 29.1 Å². The maximum absolute atomic E-state index is 12.1. The van der Waals surface area contributed by atoms with E-state index in [0.29, 0.717) is 41.5 Å². The van der Waals surface area contributed by atoms with Gasteiger partial charge in [-0.2, -0.15) is 0 Å². The Morgan fingerprint density at radius 2 is 1.00 bits per heavy atom. The molecule has 0 spiro atoms. The average molecular weight is 980 g/mol. The number of ketones is 1. The summed E-state index contributed by atoms with van der Waals surface area (Å²) in [6.07, 6.45) is 25.0. The molecule has 0 unspecified atom stereocenters. The molecule has 2 atom stereocenters. The van der Waals surface area contributed by atoms with Gasteiger partial charge in [-0.05, 0) is 162 Å². The predicted octanol–water partition coefficient (Wildman–Crippen LogP) is 8.17. The fourth-order valence-corrected chi connectivity index (χ4v) is 12.3. The number of primary amides is 2. The first-order valence-electron chi connectivity index (χ1n) is 27.0. The highest BCUT2D eigenvalue weighted by molar-refractivity contribution is 5.97. The number of allylic oxidation sites excluding steroid dienone is 1. The van der Waals surface area contributed by atoms with Gasteiger partial charge in [-0.25, -0.2) is 19.9 Å². The number of benzene rings is 2. The highest BCUT2D eigenvalue weighted by Gasteiger charge is 2.30. The van der Waals surface area contributed by atoms with Gasteiger partial charge in [0.25, 0.3) is 11.8 Å². The first kappa shape index (κ1) is 51.0. The van der Waals surface area contributed by atoms with Crippen LogP contribution in [-0.2, 0) is 4.79 Å². The van der Waals surface area contributed by atoms with Crippen LogP contribution >= 0.6 is 0 Å². The smallest absolute Gasteiger partial charge is 0.271 e.